The average molecular weight is 517 g/mol. The Hall–Kier alpha value is -3.93. The van der Waals surface area contributed by atoms with Crippen LogP contribution in [-0.2, 0) is 10.9 Å². The second-order valence-corrected chi connectivity index (χ2v) is 8.91. The zero-order valence-electron chi connectivity index (χ0n) is 19.9. The van der Waals surface area contributed by atoms with E-state index in [1.54, 1.807) is 26.0 Å². The standard InChI is InChI=1S/C25H23F4N5O3/c1-13-10-16(14(2)30-21-15(23(35)36)4-3-5-18(21)26)20-17(11-13)22-31-19(25(27,28)29)12-34(22)24(32-20)33-6-8-37-9-7-33/h3-5,10-12,14,30H,6-9H2,1-2H3,(H,35,36). The highest BCUT2D eigenvalue weighted by molar-refractivity contribution is 5.97. The van der Waals surface area contributed by atoms with E-state index < -0.39 is 29.7 Å². The van der Waals surface area contributed by atoms with E-state index in [9.17, 15) is 27.5 Å². The molecule has 8 nitrogen and oxygen atoms in total. The number of fused-ring (bicyclic) bond motifs is 3. The van der Waals surface area contributed by atoms with Crippen LogP contribution in [0.25, 0.3) is 16.6 Å². The maximum absolute atomic E-state index is 14.6. The van der Waals surface area contributed by atoms with Crippen molar-refractivity contribution in [1.82, 2.24) is 14.4 Å². The van der Waals surface area contributed by atoms with Gasteiger partial charge in [0.1, 0.15) is 11.5 Å². The van der Waals surface area contributed by atoms with Crippen molar-refractivity contribution in [2.75, 3.05) is 36.5 Å². The van der Waals surface area contributed by atoms with Crippen LogP contribution in [0.1, 0.15) is 40.1 Å². The first-order valence-electron chi connectivity index (χ1n) is 11.6. The summed E-state index contributed by atoms with van der Waals surface area (Å²) in [4.78, 5) is 22.2. The Morgan fingerprint density at radius 1 is 1.19 bits per heavy atom. The van der Waals surface area contributed by atoms with Gasteiger partial charge in [-0.25, -0.2) is 19.2 Å². The highest BCUT2D eigenvalue weighted by Gasteiger charge is 2.35. The minimum Gasteiger partial charge on any atom is -0.478 e. The molecule has 1 aliphatic rings. The van der Waals surface area contributed by atoms with Gasteiger partial charge in [-0.1, -0.05) is 12.1 Å². The average Bonchev–Trinajstić information content (AvgIpc) is 3.31. The molecule has 1 aliphatic heterocycles. The van der Waals surface area contributed by atoms with Gasteiger partial charge >= 0.3 is 12.1 Å². The number of rotatable bonds is 5. The fourth-order valence-corrected chi connectivity index (χ4v) is 4.58. The molecular weight excluding hydrogens is 494 g/mol. The van der Waals surface area contributed by atoms with E-state index in [0.29, 0.717) is 42.8 Å². The van der Waals surface area contributed by atoms with E-state index >= 15 is 0 Å². The Labute approximate surface area is 208 Å². The van der Waals surface area contributed by atoms with Crippen LogP contribution in [0, 0.1) is 12.7 Å². The van der Waals surface area contributed by atoms with E-state index in [1.165, 1.54) is 16.5 Å². The Morgan fingerprint density at radius 3 is 2.59 bits per heavy atom. The number of morpholine rings is 1. The SMILES string of the molecule is Cc1cc(C(C)Nc2c(F)cccc2C(=O)O)c2nc(N3CCOCC3)n3cc(C(F)(F)F)nc3c2c1. The summed E-state index contributed by atoms with van der Waals surface area (Å²) in [5.41, 5.74) is 0.289. The summed E-state index contributed by atoms with van der Waals surface area (Å²) in [5, 5.41) is 12.8. The number of halogens is 4. The van der Waals surface area contributed by atoms with Crippen molar-refractivity contribution < 1.29 is 32.2 Å². The number of aromatic carboxylic acids is 1. The van der Waals surface area contributed by atoms with Gasteiger partial charge in [0.15, 0.2) is 5.69 Å². The number of aryl methyl sites for hydroxylation is 1. The lowest BCUT2D eigenvalue weighted by molar-refractivity contribution is -0.140. The lowest BCUT2D eigenvalue weighted by Gasteiger charge is -2.29. The number of carboxylic acids is 1. The second kappa shape index (κ2) is 9.18. The van der Waals surface area contributed by atoms with Crippen LogP contribution in [0.4, 0.5) is 29.2 Å². The number of para-hydroxylation sites is 1. The minimum absolute atomic E-state index is 0.0908. The number of benzene rings is 2. The molecule has 0 bridgehead atoms. The predicted octanol–water partition coefficient (Wildman–Crippen LogP) is 5.06. The molecule has 5 rings (SSSR count). The first-order chi connectivity index (χ1) is 17.5. The number of ether oxygens (including phenoxy) is 1. The third kappa shape index (κ3) is 4.52. The molecule has 37 heavy (non-hydrogen) atoms. The van der Waals surface area contributed by atoms with Crippen molar-refractivity contribution in [3.8, 4) is 0 Å². The van der Waals surface area contributed by atoms with Gasteiger partial charge in [0.05, 0.1) is 36.0 Å². The molecule has 1 saturated heterocycles. The van der Waals surface area contributed by atoms with Crippen LogP contribution >= 0.6 is 0 Å². The zero-order chi connectivity index (χ0) is 26.5. The number of hydrogen-bond donors (Lipinski definition) is 2. The Kier molecular flexibility index (Phi) is 6.14. The molecule has 2 aromatic carbocycles. The predicted molar refractivity (Wildman–Crippen MR) is 129 cm³/mol. The Balaban J connectivity index is 1.72. The number of carboxylic acid groups (broad SMARTS) is 1. The number of imidazole rings is 1. The molecule has 194 valence electrons. The molecule has 1 fully saturated rings. The molecular formula is C25H23F4N5O3. The lowest BCUT2D eigenvalue weighted by atomic mass is 10.0. The fraction of sp³-hybridized carbons (Fsp3) is 0.320. The number of carbonyl (C=O) groups is 1. The Morgan fingerprint density at radius 2 is 1.92 bits per heavy atom. The summed E-state index contributed by atoms with van der Waals surface area (Å²) < 4.78 is 62.3. The third-order valence-electron chi connectivity index (χ3n) is 6.31. The van der Waals surface area contributed by atoms with Gasteiger partial charge in [0.2, 0.25) is 5.95 Å². The molecule has 0 saturated carbocycles. The highest BCUT2D eigenvalue weighted by Crippen LogP contribution is 2.36. The van der Waals surface area contributed by atoms with Gasteiger partial charge in [0, 0.05) is 30.2 Å². The summed E-state index contributed by atoms with van der Waals surface area (Å²) in [6.07, 6.45) is -3.71. The number of nitrogens with one attached hydrogen (secondary N) is 1. The first-order valence-corrected chi connectivity index (χ1v) is 11.6. The zero-order valence-corrected chi connectivity index (χ0v) is 19.9. The lowest BCUT2D eigenvalue weighted by Crippen LogP contribution is -2.38. The van der Waals surface area contributed by atoms with Crippen molar-refractivity contribution in [2.24, 2.45) is 0 Å². The van der Waals surface area contributed by atoms with E-state index in [2.05, 4.69) is 10.3 Å². The van der Waals surface area contributed by atoms with E-state index in [-0.39, 0.29) is 22.8 Å². The molecule has 4 aromatic rings. The van der Waals surface area contributed by atoms with E-state index in [4.69, 9.17) is 9.72 Å². The largest absolute Gasteiger partial charge is 0.478 e. The number of hydrogen-bond acceptors (Lipinski definition) is 6. The van der Waals surface area contributed by atoms with Gasteiger partial charge in [-0.15, -0.1) is 0 Å². The van der Waals surface area contributed by atoms with Crippen molar-refractivity contribution in [1.29, 1.82) is 0 Å². The van der Waals surface area contributed by atoms with Gasteiger partial charge in [-0.2, -0.15) is 13.2 Å². The van der Waals surface area contributed by atoms with Crippen LogP contribution in [0.5, 0.6) is 0 Å². The van der Waals surface area contributed by atoms with Crippen LogP contribution in [-0.4, -0.2) is 51.7 Å². The number of alkyl halides is 3. The minimum atomic E-state index is -4.65. The molecule has 0 aliphatic carbocycles. The van der Waals surface area contributed by atoms with Gasteiger partial charge in [0.25, 0.3) is 0 Å². The normalized spacial score (nSPS) is 15.4. The molecule has 3 heterocycles. The second-order valence-electron chi connectivity index (χ2n) is 8.91. The molecule has 0 amide bonds. The number of aromatic nitrogens is 3. The summed E-state index contributed by atoms with van der Waals surface area (Å²) in [7, 11) is 0. The van der Waals surface area contributed by atoms with Crippen LogP contribution in [0.2, 0.25) is 0 Å². The van der Waals surface area contributed by atoms with Gasteiger partial charge in [-0.3, -0.25) is 4.40 Å². The third-order valence-corrected chi connectivity index (χ3v) is 6.31. The maximum atomic E-state index is 14.6. The monoisotopic (exact) mass is 517 g/mol. The topological polar surface area (TPSA) is 92.0 Å². The maximum Gasteiger partial charge on any atom is 0.434 e. The van der Waals surface area contributed by atoms with Crippen molar-refractivity contribution >= 4 is 34.2 Å². The van der Waals surface area contributed by atoms with Crippen molar-refractivity contribution in [3.63, 3.8) is 0 Å². The van der Waals surface area contributed by atoms with Gasteiger partial charge < -0.3 is 20.1 Å². The molecule has 2 N–H and O–H groups in total. The Bertz CT molecular complexity index is 1510. The van der Waals surface area contributed by atoms with E-state index in [1.807, 2.05) is 4.90 Å². The van der Waals surface area contributed by atoms with Crippen LogP contribution in [0.15, 0.2) is 36.5 Å². The smallest absolute Gasteiger partial charge is 0.434 e. The molecule has 1 unspecified atom stereocenters. The quantitative estimate of drug-likeness (QED) is 0.358. The van der Waals surface area contributed by atoms with Gasteiger partial charge in [-0.05, 0) is 37.6 Å². The highest BCUT2D eigenvalue weighted by atomic mass is 19.4. The molecule has 12 heteroatoms. The van der Waals surface area contributed by atoms with Crippen LogP contribution < -0.4 is 10.2 Å². The first kappa shape index (κ1) is 24.8. The molecule has 1 atom stereocenters. The fourth-order valence-electron chi connectivity index (χ4n) is 4.58. The van der Waals surface area contributed by atoms with Crippen LogP contribution in [0.3, 0.4) is 0 Å². The number of anilines is 2. The summed E-state index contributed by atoms with van der Waals surface area (Å²) in [6, 6.07) is 6.59. The van der Waals surface area contributed by atoms with Crippen molar-refractivity contribution in [3.05, 3.63) is 64.7 Å². The number of nitrogens with zero attached hydrogens (tertiary/aromatic N) is 4. The molecule has 2 aromatic heterocycles. The van der Waals surface area contributed by atoms with Crippen molar-refractivity contribution in [2.45, 2.75) is 26.1 Å². The summed E-state index contributed by atoms with van der Waals surface area (Å²) in [6.45, 7) is 5.14. The molecule has 0 spiro atoms. The molecule has 0 radical (unpaired) electrons. The summed E-state index contributed by atoms with van der Waals surface area (Å²) >= 11 is 0. The summed E-state index contributed by atoms with van der Waals surface area (Å²) in [5.74, 6) is -1.76. The van der Waals surface area contributed by atoms with E-state index in [0.717, 1.165) is 17.8 Å².